The number of hydrogen-bond acceptors (Lipinski definition) is 4. The van der Waals surface area contributed by atoms with Crippen LogP contribution >= 0.6 is 28.1 Å². The van der Waals surface area contributed by atoms with Gasteiger partial charge in [-0.05, 0) is 60.7 Å². The molecule has 5 nitrogen and oxygen atoms in total. The van der Waals surface area contributed by atoms with Gasteiger partial charge in [-0.25, -0.2) is 4.39 Å². The number of aliphatic imine (C=N–C) groups is 1. The van der Waals surface area contributed by atoms with Crippen molar-refractivity contribution in [1.82, 2.24) is 5.32 Å². The molecule has 0 unspecified atom stereocenters. The third-order valence-corrected chi connectivity index (χ3v) is 4.30. The Balaban J connectivity index is 1.87. The fourth-order valence-corrected chi connectivity index (χ4v) is 2.80. The Bertz CT molecular complexity index is 868. The zero-order valence-corrected chi connectivity index (χ0v) is 15.1. The molecule has 3 rings (SSSR count). The summed E-state index contributed by atoms with van der Waals surface area (Å²) in [5.74, 6) is -2.56. The summed E-state index contributed by atoms with van der Waals surface area (Å²) in [6.45, 7) is 0. The minimum Gasteiger partial charge on any atom is -0.301 e. The van der Waals surface area contributed by atoms with E-state index in [1.54, 1.807) is 24.3 Å². The normalized spacial score (nSPS) is 17.9. The van der Waals surface area contributed by atoms with Gasteiger partial charge in [0.1, 0.15) is 5.82 Å². The molecular formula is C17H11BrFN3O2S. The maximum Gasteiger partial charge on any atom is 0.251 e. The van der Waals surface area contributed by atoms with E-state index in [1.165, 1.54) is 35.4 Å². The Kier molecular flexibility index (Phi) is 5.00. The summed E-state index contributed by atoms with van der Waals surface area (Å²) in [5, 5.41) is 2.52. The van der Waals surface area contributed by atoms with E-state index in [9.17, 15) is 14.0 Å². The molecule has 2 amide bonds. The molecular weight excluding hydrogens is 409 g/mol. The summed E-state index contributed by atoms with van der Waals surface area (Å²) in [7, 11) is 0. The Morgan fingerprint density at radius 1 is 1.12 bits per heavy atom. The van der Waals surface area contributed by atoms with E-state index >= 15 is 0 Å². The highest BCUT2D eigenvalue weighted by molar-refractivity contribution is 9.10. The Morgan fingerprint density at radius 3 is 2.40 bits per heavy atom. The number of carbonyl (C=O) groups is 2. The van der Waals surface area contributed by atoms with Crippen molar-refractivity contribution in [3.8, 4) is 0 Å². The van der Waals surface area contributed by atoms with E-state index in [2.05, 4.69) is 26.2 Å². The number of halogens is 2. The average Bonchev–Trinajstić information content (AvgIpc) is 2.57. The maximum atomic E-state index is 12.9. The van der Waals surface area contributed by atoms with Crippen molar-refractivity contribution >= 4 is 62.7 Å². The lowest BCUT2D eigenvalue weighted by Crippen LogP contribution is -2.58. The SMILES string of the molecule is O=C1NC(=S)N(c2ccc(Br)cc2)C(=O)[C@H]1C=Nc1ccc(F)cc1. The van der Waals surface area contributed by atoms with Crippen LogP contribution in [0.15, 0.2) is 58.0 Å². The number of benzene rings is 2. The number of carbonyl (C=O) groups excluding carboxylic acids is 2. The molecule has 1 N–H and O–H groups in total. The standard InChI is InChI=1S/C17H11BrFN3O2S/c18-10-1-7-13(8-2-10)22-16(24)14(15(23)21-17(22)25)9-20-12-5-3-11(19)4-6-12/h1-9,14H,(H,21,23,25)/t14-/m0/s1. The highest BCUT2D eigenvalue weighted by Crippen LogP contribution is 2.23. The summed E-state index contributed by atoms with van der Waals surface area (Å²) in [5.41, 5.74) is 0.976. The maximum absolute atomic E-state index is 12.9. The second-order valence-electron chi connectivity index (χ2n) is 5.18. The fourth-order valence-electron chi connectivity index (χ4n) is 2.24. The van der Waals surface area contributed by atoms with Crippen LogP contribution in [-0.2, 0) is 9.59 Å². The smallest absolute Gasteiger partial charge is 0.251 e. The van der Waals surface area contributed by atoms with Gasteiger partial charge in [0.2, 0.25) is 5.91 Å². The zero-order valence-electron chi connectivity index (χ0n) is 12.6. The fraction of sp³-hybridized carbons (Fsp3) is 0.0588. The van der Waals surface area contributed by atoms with Gasteiger partial charge in [0.15, 0.2) is 11.0 Å². The van der Waals surface area contributed by atoms with Gasteiger partial charge in [-0.2, -0.15) is 0 Å². The highest BCUT2D eigenvalue weighted by atomic mass is 79.9. The third kappa shape index (κ3) is 3.80. The molecule has 2 aromatic carbocycles. The topological polar surface area (TPSA) is 61.8 Å². The zero-order chi connectivity index (χ0) is 18.0. The van der Waals surface area contributed by atoms with Crippen molar-refractivity contribution in [2.45, 2.75) is 0 Å². The van der Waals surface area contributed by atoms with Gasteiger partial charge in [-0.15, -0.1) is 0 Å². The predicted octanol–water partition coefficient (Wildman–Crippen LogP) is 3.35. The van der Waals surface area contributed by atoms with E-state index in [4.69, 9.17) is 12.2 Å². The van der Waals surface area contributed by atoms with Crippen LogP contribution in [0.4, 0.5) is 15.8 Å². The molecule has 1 saturated heterocycles. The van der Waals surface area contributed by atoms with Gasteiger partial charge in [0.25, 0.3) is 5.91 Å². The quantitative estimate of drug-likeness (QED) is 0.471. The van der Waals surface area contributed by atoms with E-state index in [0.717, 1.165) is 4.47 Å². The number of hydrogen-bond donors (Lipinski definition) is 1. The largest absolute Gasteiger partial charge is 0.301 e. The number of anilines is 1. The van der Waals surface area contributed by atoms with E-state index in [1.807, 2.05) is 0 Å². The van der Waals surface area contributed by atoms with Crippen LogP contribution < -0.4 is 10.2 Å². The van der Waals surface area contributed by atoms with Crippen molar-refractivity contribution in [2.75, 3.05) is 4.90 Å². The first-order valence-electron chi connectivity index (χ1n) is 7.20. The number of amides is 2. The van der Waals surface area contributed by atoms with Crippen LogP contribution in [0.25, 0.3) is 0 Å². The molecule has 0 spiro atoms. The number of thiocarbonyl (C=S) groups is 1. The summed E-state index contributed by atoms with van der Waals surface area (Å²) in [6.07, 6.45) is 1.23. The van der Waals surface area contributed by atoms with Crippen LogP contribution in [0.2, 0.25) is 0 Å². The van der Waals surface area contributed by atoms with E-state index in [0.29, 0.717) is 11.4 Å². The molecule has 0 aromatic heterocycles. The molecule has 0 aliphatic carbocycles. The highest BCUT2D eigenvalue weighted by Gasteiger charge is 2.38. The first-order valence-corrected chi connectivity index (χ1v) is 8.40. The summed E-state index contributed by atoms with van der Waals surface area (Å²) in [6, 6.07) is 12.4. The van der Waals surface area contributed by atoms with Crippen LogP contribution in [0.1, 0.15) is 0 Å². The lowest BCUT2D eigenvalue weighted by Gasteiger charge is -2.30. The van der Waals surface area contributed by atoms with Gasteiger partial charge < -0.3 is 5.32 Å². The Hall–Kier alpha value is -2.45. The molecule has 0 bridgehead atoms. The summed E-state index contributed by atoms with van der Waals surface area (Å²) < 4.78 is 13.8. The number of nitrogens with one attached hydrogen (secondary N) is 1. The van der Waals surface area contributed by atoms with Gasteiger partial charge in [-0.1, -0.05) is 15.9 Å². The minimum absolute atomic E-state index is 0.0174. The molecule has 1 aliphatic heterocycles. The van der Waals surface area contributed by atoms with Gasteiger partial charge in [-0.3, -0.25) is 19.5 Å². The Labute approximate surface area is 156 Å². The monoisotopic (exact) mass is 419 g/mol. The first-order chi connectivity index (χ1) is 12.0. The van der Waals surface area contributed by atoms with Crippen molar-refractivity contribution in [2.24, 2.45) is 10.9 Å². The third-order valence-electron chi connectivity index (χ3n) is 3.49. The van der Waals surface area contributed by atoms with Crippen LogP contribution in [0.3, 0.4) is 0 Å². The minimum atomic E-state index is -1.12. The lowest BCUT2D eigenvalue weighted by molar-refractivity contribution is -0.130. The van der Waals surface area contributed by atoms with Crippen molar-refractivity contribution in [1.29, 1.82) is 0 Å². The molecule has 126 valence electrons. The molecule has 0 saturated carbocycles. The predicted molar refractivity (Wildman–Crippen MR) is 100 cm³/mol. The van der Waals surface area contributed by atoms with Gasteiger partial charge in [0, 0.05) is 10.7 Å². The number of nitrogens with zero attached hydrogens (tertiary/aromatic N) is 2. The van der Waals surface area contributed by atoms with Gasteiger partial charge in [0.05, 0.1) is 11.4 Å². The van der Waals surface area contributed by atoms with Crippen molar-refractivity contribution in [3.05, 3.63) is 58.8 Å². The van der Waals surface area contributed by atoms with E-state index < -0.39 is 23.5 Å². The second-order valence-corrected chi connectivity index (χ2v) is 6.48. The van der Waals surface area contributed by atoms with Gasteiger partial charge >= 0.3 is 0 Å². The molecule has 1 aliphatic rings. The molecule has 2 aromatic rings. The van der Waals surface area contributed by atoms with Crippen LogP contribution in [0.5, 0.6) is 0 Å². The Morgan fingerprint density at radius 2 is 1.76 bits per heavy atom. The van der Waals surface area contributed by atoms with E-state index in [-0.39, 0.29) is 5.11 Å². The molecule has 1 heterocycles. The second kappa shape index (κ2) is 7.20. The number of rotatable bonds is 3. The molecule has 25 heavy (non-hydrogen) atoms. The van der Waals surface area contributed by atoms with Crippen molar-refractivity contribution in [3.63, 3.8) is 0 Å². The van der Waals surface area contributed by atoms with Crippen LogP contribution in [-0.4, -0.2) is 23.1 Å². The molecule has 1 atom stereocenters. The lowest BCUT2D eigenvalue weighted by atomic mass is 10.1. The summed E-state index contributed by atoms with van der Waals surface area (Å²) >= 11 is 8.44. The van der Waals surface area contributed by atoms with Crippen LogP contribution in [0, 0.1) is 11.7 Å². The van der Waals surface area contributed by atoms with Crippen molar-refractivity contribution < 1.29 is 14.0 Å². The molecule has 8 heteroatoms. The molecule has 1 fully saturated rings. The average molecular weight is 420 g/mol. The molecule has 0 radical (unpaired) electrons. The summed E-state index contributed by atoms with van der Waals surface area (Å²) in [4.78, 5) is 30.2. The first kappa shape index (κ1) is 17.4.